The van der Waals surface area contributed by atoms with E-state index in [-0.39, 0.29) is 0 Å². The minimum absolute atomic E-state index is 0.472. The van der Waals surface area contributed by atoms with Crippen LogP contribution in [0.3, 0.4) is 0 Å². The van der Waals surface area contributed by atoms with Crippen LogP contribution in [0.4, 0.5) is 0 Å². The van der Waals surface area contributed by atoms with Crippen molar-refractivity contribution in [1.82, 2.24) is 0 Å². The molecular weight excluding hydrogens is 176 g/mol. The van der Waals surface area contributed by atoms with E-state index in [1.165, 1.54) is 0 Å². The van der Waals surface area contributed by atoms with Crippen molar-refractivity contribution >= 4 is 23.2 Å². The smallest absolute Gasteiger partial charge is 0.0424 e. The molecule has 0 amide bonds. The number of rotatable bonds is 1. The van der Waals surface area contributed by atoms with Crippen LogP contribution in [0.15, 0.2) is 18.2 Å². The lowest BCUT2D eigenvalue weighted by atomic mass is 11.2. The zero-order chi connectivity index (χ0) is 7.56. The van der Waals surface area contributed by atoms with E-state index < -0.39 is 0 Å². The molecule has 0 saturated heterocycles. The van der Waals surface area contributed by atoms with E-state index in [9.17, 15) is 0 Å². The van der Waals surface area contributed by atoms with Gasteiger partial charge in [-0.25, -0.2) is 0 Å². The lowest BCUT2D eigenvalue weighted by Gasteiger charge is -1.97. The van der Waals surface area contributed by atoms with Crippen LogP contribution < -0.4 is 5.73 Å². The Labute approximate surface area is 69.7 Å². The molecule has 1 aromatic carbocycles. The van der Waals surface area contributed by atoms with Crippen LogP contribution >= 0.6 is 23.2 Å². The van der Waals surface area contributed by atoms with E-state index in [2.05, 4.69) is 0 Å². The molecular formula is C7H7Cl2N. The van der Waals surface area contributed by atoms with Gasteiger partial charge in [-0.3, -0.25) is 0 Å². The van der Waals surface area contributed by atoms with Gasteiger partial charge in [0, 0.05) is 16.6 Å². The van der Waals surface area contributed by atoms with E-state index in [1.807, 2.05) is 0 Å². The molecule has 2 N–H and O–H groups in total. The van der Waals surface area contributed by atoms with Crippen molar-refractivity contribution < 1.29 is 0 Å². The molecule has 0 aromatic heterocycles. The minimum atomic E-state index is 0.472. The molecule has 1 rings (SSSR count). The van der Waals surface area contributed by atoms with Crippen molar-refractivity contribution in [2.75, 3.05) is 0 Å². The van der Waals surface area contributed by atoms with Crippen molar-refractivity contribution in [3.05, 3.63) is 33.8 Å². The van der Waals surface area contributed by atoms with Gasteiger partial charge in [0.2, 0.25) is 0 Å². The molecule has 0 radical (unpaired) electrons. The number of hydrogen-bond donors (Lipinski definition) is 1. The van der Waals surface area contributed by atoms with Gasteiger partial charge >= 0.3 is 0 Å². The molecule has 1 nitrogen and oxygen atoms in total. The molecule has 0 aliphatic rings. The first-order chi connectivity index (χ1) is 4.72. The van der Waals surface area contributed by atoms with Gasteiger partial charge in [-0.05, 0) is 23.8 Å². The fourth-order valence-corrected chi connectivity index (χ4v) is 1.30. The molecule has 0 atom stereocenters. The third-order valence-corrected chi connectivity index (χ3v) is 1.59. The maximum atomic E-state index is 5.69. The molecule has 0 aliphatic carbocycles. The molecule has 0 unspecified atom stereocenters. The van der Waals surface area contributed by atoms with E-state index >= 15 is 0 Å². The summed E-state index contributed by atoms with van der Waals surface area (Å²) in [6.07, 6.45) is 0. The molecule has 0 spiro atoms. The summed E-state index contributed by atoms with van der Waals surface area (Å²) in [5.74, 6) is 0. The highest BCUT2D eigenvalue weighted by Gasteiger charge is 1.94. The Kier molecular flexibility index (Phi) is 2.55. The normalized spacial score (nSPS) is 9.90. The van der Waals surface area contributed by atoms with Gasteiger partial charge in [-0.2, -0.15) is 0 Å². The summed E-state index contributed by atoms with van der Waals surface area (Å²) in [6, 6.07) is 5.28. The largest absolute Gasteiger partial charge is 0.326 e. The van der Waals surface area contributed by atoms with Crippen LogP contribution in [-0.2, 0) is 6.54 Å². The van der Waals surface area contributed by atoms with E-state index in [1.54, 1.807) is 18.2 Å². The topological polar surface area (TPSA) is 26.0 Å². The fraction of sp³-hybridized carbons (Fsp3) is 0.143. The second kappa shape index (κ2) is 3.24. The first-order valence-corrected chi connectivity index (χ1v) is 3.63. The Hall–Kier alpha value is -0.240. The standard InChI is InChI=1S/C7H7Cl2N/c8-6-1-5(4-10)2-7(9)3-6/h1-3H,4,10H2/i1+1,2+1,3+1,4+1,5+1,6+1,7+1. The average molecular weight is 183 g/mol. The van der Waals surface area contributed by atoms with Gasteiger partial charge in [0.25, 0.3) is 0 Å². The van der Waals surface area contributed by atoms with Gasteiger partial charge in [0.15, 0.2) is 0 Å². The number of nitrogens with two attached hydrogens (primary N) is 1. The van der Waals surface area contributed by atoms with Gasteiger partial charge in [-0.1, -0.05) is 23.2 Å². The van der Waals surface area contributed by atoms with E-state index in [0.29, 0.717) is 16.6 Å². The quantitative estimate of drug-likeness (QED) is 0.664. The van der Waals surface area contributed by atoms with Crippen LogP contribution in [0.2, 0.25) is 10.0 Å². The number of halogens is 2. The van der Waals surface area contributed by atoms with Gasteiger partial charge in [-0.15, -0.1) is 0 Å². The Bertz CT molecular complexity index is 215. The molecule has 1 aromatic rings. The molecule has 3 heteroatoms. The summed E-state index contributed by atoms with van der Waals surface area (Å²) in [6.45, 7) is 0.472. The lowest BCUT2D eigenvalue weighted by Crippen LogP contribution is -1.95. The van der Waals surface area contributed by atoms with Crippen LogP contribution in [0, 0.1) is 0 Å². The summed E-state index contributed by atoms with van der Waals surface area (Å²) in [5, 5.41) is 1.26. The van der Waals surface area contributed by atoms with Gasteiger partial charge < -0.3 is 5.73 Å². The SMILES string of the molecule is N[13CH2][13c]1[13cH][13c](Cl)[13cH][13c](Cl)[13cH]1. The monoisotopic (exact) mass is 182 g/mol. The lowest BCUT2D eigenvalue weighted by molar-refractivity contribution is 1.07. The molecule has 54 valence electrons. The molecule has 0 heterocycles. The van der Waals surface area contributed by atoms with Gasteiger partial charge in [0.05, 0.1) is 0 Å². The third kappa shape index (κ3) is 1.87. The number of hydrogen-bond acceptors (Lipinski definition) is 1. The van der Waals surface area contributed by atoms with E-state index in [4.69, 9.17) is 28.9 Å². The van der Waals surface area contributed by atoms with Crippen molar-refractivity contribution in [3.63, 3.8) is 0 Å². The van der Waals surface area contributed by atoms with Crippen molar-refractivity contribution in [2.45, 2.75) is 6.54 Å². The highest BCUT2D eigenvalue weighted by atomic mass is 35.5. The number of benzene rings is 1. The van der Waals surface area contributed by atoms with Crippen LogP contribution in [0.5, 0.6) is 0 Å². The molecule has 0 aliphatic heterocycles. The Balaban J connectivity index is 3.06. The Morgan fingerprint density at radius 1 is 1.10 bits per heavy atom. The van der Waals surface area contributed by atoms with Crippen LogP contribution in [0.1, 0.15) is 5.56 Å². The summed E-state index contributed by atoms with van der Waals surface area (Å²) < 4.78 is 0. The molecule has 0 fully saturated rings. The average Bonchev–Trinajstić information content (AvgIpc) is 1.85. The van der Waals surface area contributed by atoms with Crippen molar-refractivity contribution in [2.24, 2.45) is 5.73 Å². The summed E-state index contributed by atoms with van der Waals surface area (Å²) in [5.41, 5.74) is 6.33. The maximum Gasteiger partial charge on any atom is 0.0424 e. The minimum Gasteiger partial charge on any atom is -0.326 e. The van der Waals surface area contributed by atoms with Crippen molar-refractivity contribution in [3.8, 4) is 0 Å². The molecule has 10 heavy (non-hydrogen) atoms. The second-order valence-electron chi connectivity index (χ2n) is 1.98. The van der Waals surface area contributed by atoms with Crippen LogP contribution in [-0.4, -0.2) is 0 Å². The summed E-state index contributed by atoms with van der Waals surface area (Å²) in [7, 11) is 0. The maximum absolute atomic E-state index is 5.69. The first kappa shape index (κ1) is 7.86. The molecule has 0 saturated carbocycles. The van der Waals surface area contributed by atoms with E-state index in [0.717, 1.165) is 5.56 Å². The third-order valence-electron chi connectivity index (χ3n) is 1.16. The Morgan fingerprint density at radius 2 is 1.60 bits per heavy atom. The highest BCUT2D eigenvalue weighted by Crippen LogP contribution is 2.18. The summed E-state index contributed by atoms with van der Waals surface area (Å²) >= 11 is 11.4. The van der Waals surface area contributed by atoms with Crippen LogP contribution in [0.25, 0.3) is 0 Å². The second-order valence-corrected chi connectivity index (χ2v) is 2.85. The summed E-state index contributed by atoms with van der Waals surface area (Å²) in [4.78, 5) is 0. The fourth-order valence-electron chi connectivity index (χ4n) is 0.729. The predicted octanol–water partition coefficient (Wildman–Crippen LogP) is 2.45. The zero-order valence-electron chi connectivity index (χ0n) is 5.27. The van der Waals surface area contributed by atoms with Gasteiger partial charge in [0.1, 0.15) is 0 Å². The molecule has 0 bridgehead atoms. The Morgan fingerprint density at radius 3 is 2.00 bits per heavy atom. The predicted molar refractivity (Wildman–Crippen MR) is 44.4 cm³/mol. The highest BCUT2D eigenvalue weighted by molar-refractivity contribution is 6.34. The first-order valence-electron chi connectivity index (χ1n) is 2.87. The van der Waals surface area contributed by atoms with Crippen molar-refractivity contribution in [1.29, 1.82) is 0 Å². The zero-order valence-corrected chi connectivity index (χ0v) is 6.78.